The monoisotopic (exact) mass is 1760 g/mol. The molecule has 8 saturated carbocycles. The molecule has 16 rings (SSSR count). The second-order valence-corrected chi connectivity index (χ2v) is 43.7. The van der Waals surface area contributed by atoms with Crippen LogP contribution in [-0.2, 0) is 95.7 Å². The molecule has 0 amide bonds. The Balaban J connectivity index is 0.000000146. The Morgan fingerprint density at radius 3 is 0.820 bits per heavy atom. The van der Waals surface area contributed by atoms with Gasteiger partial charge in [0.05, 0.1) is 25.7 Å². The number of hydrogen-bond donors (Lipinski definition) is 0. The number of fused-ring (bicyclic) bond motifs is 20. The van der Waals surface area contributed by atoms with Gasteiger partial charge in [0.25, 0.3) is 0 Å². The maximum absolute atomic E-state index is 13.2. The van der Waals surface area contributed by atoms with E-state index in [2.05, 4.69) is 120 Å². The third-order valence-electron chi connectivity index (χ3n) is 35.5. The highest BCUT2D eigenvalue weighted by atomic mass is 16.5. The molecule has 0 radical (unpaired) electrons. The SMILES string of the molecule is CC(=O)CCC(=O)OCC(=O)[C@H]1[C@@H](C)CC2C3CCC4=CC(=O)C=C[C@]4(C)C3=CC[C@@]21C.CC(=O)CCC(=O)OCC(=O)[C@H]1[C@@H](C)CC2C3CCC4=CC(=O)CC[C@]4(C)C3=CC[C@@]21C.CC(=O)CCC(=O)OCC(=O)[C@H]1[C@H](C)CC2C3CCC4=CC(=O)C=C[C@]4(C)C3=CC[C@@]21C.CC(=O)CCC(=O)OCC(=O)[C@H]1[C@H](C)CC2C3CCC4=CC(=O)CC[C@]4(C)C3=CC[C@@]21C. The van der Waals surface area contributed by atoms with Gasteiger partial charge in [-0.15, -0.1) is 0 Å². The van der Waals surface area contributed by atoms with E-state index in [1.807, 2.05) is 24.3 Å². The Morgan fingerprint density at radius 1 is 0.320 bits per heavy atom. The number of hydrogen-bond acceptors (Lipinski definition) is 20. The van der Waals surface area contributed by atoms with Crippen LogP contribution in [0.2, 0.25) is 0 Å². The Morgan fingerprint density at radius 2 is 0.562 bits per heavy atom. The van der Waals surface area contributed by atoms with Crippen molar-refractivity contribution in [1.29, 1.82) is 0 Å². The minimum absolute atomic E-state index is 0.00119. The van der Waals surface area contributed by atoms with Crippen LogP contribution in [0, 0.1) is 138 Å². The highest BCUT2D eigenvalue weighted by Gasteiger charge is 2.65. The van der Waals surface area contributed by atoms with Crippen LogP contribution in [0.5, 0.6) is 0 Å². The summed E-state index contributed by atoms with van der Waals surface area (Å²) in [6.45, 7) is 31.7. The van der Waals surface area contributed by atoms with E-state index in [-0.39, 0.29) is 238 Å². The van der Waals surface area contributed by atoms with E-state index >= 15 is 0 Å². The maximum Gasteiger partial charge on any atom is 0.306 e. The zero-order valence-corrected chi connectivity index (χ0v) is 79.0. The summed E-state index contributed by atoms with van der Waals surface area (Å²) >= 11 is 0. The molecule has 692 valence electrons. The van der Waals surface area contributed by atoms with Crippen molar-refractivity contribution in [2.24, 2.45) is 138 Å². The molecule has 16 aliphatic rings. The molecule has 0 aliphatic heterocycles. The Hall–Kier alpha value is -8.68. The fraction of sp³-hybridized carbons (Fsp3) is 0.667. The average Bonchev–Trinajstić information content (AvgIpc) is 1.53. The molecule has 0 heterocycles. The van der Waals surface area contributed by atoms with Gasteiger partial charge in [0.1, 0.15) is 49.6 Å². The van der Waals surface area contributed by atoms with Gasteiger partial charge in [-0.1, -0.05) is 150 Å². The summed E-state index contributed by atoms with van der Waals surface area (Å²) < 4.78 is 21.0. The number of rotatable bonds is 24. The smallest absolute Gasteiger partial charge is 0.306 e. The van der Waals surface area contributed by atoms with Crippen LogP contribution in [0.25, 0.3) is 0 Å². The van der Waals surface area contributed by atoms with Crippen LogP contribution in [0.3, 0.4) is 0 Å². The van der Waals surface area contributed by atoms with Crippen molar-refractivity contribution >= 4 is 93.3 Å². The van der Waals surface area contributed by atoms with Crippen molar-refractivity contribution in [3.63, 3.8) is 0 Å². The first kappa shape index (κ1) is 96.9. The fourth-order valence-corrected chi connectivity index (χ4v) is 29.3. The van der Waals surface area contributed by atoms with Gasteiger partial charge in [-0.25, -0.2) is 0 Å². The van der Waals surface area contributed by atoms with Gasteiger partial charge in [-0.2, -0.15) is 0 Å². The van der Waals surface area contributed by atoms with Crippen LogP contribution in [0.1, 0.15) is 291 Å². The molecule has 8 fully saturated rings. The molecule has 16 aliphatic carbocycles. The maximum atomic E-state index is 13.2. The number of ether oxygens (including phenoxy) is 4. The number of Topliss-reactive ketones (excluding diaryl/α,β-unsaturated/α-hetero) is 8. The molecular weight excluding hydrogens is 1620 g/mol. The number of carbonyl (C=O) groups is 16. The van der Waals surface area contributed by atoms with Gasteiger partial charge in [-0.3, -0.25) is 57.5 Å². The Kier molecular flexibility index (Phi) is 28.7. The molecule has 20 heteroatoms. The molecule has 24 atom stereocenters. The molecule has 128 heavy (non-hydrogen) atoms. The molecule has 0 saturated heterocycles. The van der Waals surface area contributed by atoms with Gasteiger partial charge >= 0.3 is 23.9 Å². The van der Waals surface area contributed by atoms with E-state index in [1.165, 1.54) is 72.3 Å². The molecule has 20 nitrogen and oxygen atoms in total. The summed E-state index contributed by atoms with van der Waals surface area (Å²) in [6.07, 6.45) is 43.5. The lowest BCUT2D eigenvalue weighted by Gasteiger charge is -2.53. The van der Waals surface area contributed by atoms with Crippen LogP contribution in [0.4, 0.5) is 0 Å². The normalized spacial score (nSPS) is 37.8. The largest absolute Gasteiger partial charge is 0.458 e. The Bertz CT molecular complexity index is 4620. The van der Waals surface area contributed by atoms with Crippen molar-refractivity contribution in [1.82, 2.24) is 0 Å². The van der Waals surface area contributed by atoms with Gasteiger partial charge in [0.15, 0.2) is 46.3 Å². The molecule has 0 aromatic rings. The van der Waals surface area contributed by atoms with E-state index in [9.17, 15) is 76.7 Å². The van der Waals surface area contributed by atoms with Gasteiger partial charge < -0.3 is 38.1 Å². The third kappa shape index (κ3) is 18.7. The van der Waals surface area contributed by atoms with E-state index in [4.69, 9.17) is 18.9 Å². The standard InChI is InChI=1S/2C27H36O5.2C27H34O5/c4*1-16-13-22-20-7-6-18-14-19(29)9-11-26(18,3)21(20)10-12-27(22,4)25(16)23(30)15-32-24(31)8-5-17(2)28/h2*10,14,16,20,22,25H,5-9,11-13,15H2,1-4H3;2*9-11,14,16,20,22,25H,5-8,12-13,15H2,1-4H3/t16-,20?,22?,25+,26-,27-;16-,20?,22?,25-,26+,27+;16-,20?,22?,25+,26-,27-;16-,20?,22?,25-,26+,27+/m0101/s1. The minimum atomic E-state index is -0.482. The quantitative estimate of drug-likeness (QED) is 0.0492. The summed E-state index contributed by atoms with van der Waals surface area (Å²) in [7, 11) is 0. The highest BCUT2D eigenvalue weighted by Crippen LogP contribution is 2.71. The van der Waals surface area contributed by atoms with Crippen LogP contribution >= 0.6 is 0 Å². The summed E-state index contributed by atoms with van der Waals surface area (Å²) in [4.78, 5) is 193. The van der Waals surface area contributed by atoms with Crippen LogP contribution in [0.15, 0.2) is 117 Å². The molecule has 0 spiro atoms. The minimum Gasteiger partial charge on any atom is -0.458 e. The fourth-order valence-electron chi connectivity index (χ4n) is 29.3. The highest BCUT2D eigenvalue weighted by molar-refractivity contribution is 6.02. The summed E-state index contributed by atoms with van der Waals surface area (Å²) in [5, 5.41) is 0. The molecular formula is C108H140O20. The van der Waals surface area contributed by atoms with Crippen molar-refractivity contribution in [3.05, 3.63) is 117 Å². The topological polar surface area (TPSA) is 310 Å². The van der Waals surface area contributed by atoms with E-state index in [1.54, 1.807) is 12.2 Å². The lowest BCUT2D eigenvalue weighted by Crippen LogP contribution is -2.46. The number of esters is 4. The van der Waals surface area contributed by atoms with Crippen molar-refractivity contribution in [2.75, 3.05) is 26.4 Å². The average molecular weight is 1760 g/mol. The predicted molar refractivity (Wildman–Crippen MR) is 482 cm³/mol. The third-order valence-corrected chi connectivity index (χ3v) is 35.5. The lowest BCUT2D eigenvalue weighted by atomic mass is 9.51. The van der Waals surface area contributed by atoms with Crippen molar-refractivity contribution in [2.45, 2.75) is 291 Å². The van der Waals surface area contributed by atoms with Crippen molar-refractivity contribution in [3.8, 4) is 0 Å². The van der Waals surface area contributed by atoms with Crippen LogP contribution in [-0.4, -0.2) is 120 Å². The predicted octanol–water partition coefficient (Wildman–Crippen LogP) is 18.7. The molecule has 0 aromatic heterocycles. The van der Waals surface area contributed by atoms with Gasteiger partial charge in [0, 0.05) is 83.9 Å². The van der Waals surface area contributed by atoms with E-state index in [0.29, 0.717) is 60.2 Å². The number of carbonyl (C=O) groups excluding carboxylic acids is 16. The van der Waals surface area contributed by atoms with Crippen molar-refractivity contribution < 1.29 is 95.7 Å². The zero-order chi connectivity index (χ0) is 93.0. The first-order valence-electron chi connectivity index (χ1n) is 48.1. The molecule has 0 bridgehead atoms. The van der Waals surface area contributed by atoms with Gasteiger partial charge in [0.2, 0.25) is 0 Å². The van der Waals surface area contributed by atoms with E-state index < -0.39 is 23.9 Å². The first-order chi connectivity index (χ1) is 60.2. The second-order valence-electron chi connectivity index (χ2n) is 43.7. The van der Waals surface area contributed by atoms with Crippen LogP contribution < -0.4 is 0 Å². The summed E-state index contributed by atoms with van der Waals surface area (Å²) in [5.74, 6) is 2.44. The Labute approximate surface area is 757 Å². The van der Waals surface area contributed by atoms with E-state index in [0.717, 1.165) is 116 Å². The second kappa shape index (κ2) is 37.9. The first-order valence-corrected chi connectivity index (χ1v) is 48.1. The number of allylic oxidation sites excluding steroid dienone is 20. The summed E-state index contributed by atoms with van der Waals surface area (Å²) in [6, 6.07) is 0. The lowest BCUT2D eigenvalue weighted by molar-refractivity contribution is -0.151. The zero-order valence-electron chi connectivity index (χ0n) is 79.0. The molecule has 0 N–H and O–H groups in total. The molecule has 0 aromatic carbocycles. The molecule has 8 unspecified atom stereocenters. The van der Waals surface area contributed by atoms with Gasteiger partial charge in [-0.05, 0) is 286 Å². The summed E-state index contributed by atoms with van der Waals surface area (Å²) in [5.41, 5.74) is 9.93. The number of ketones is 12.